The lowest BCUT2D eigenvalue weighted by Crippen LogP contribution is -2.10. The van der Waals surface area contributed by atoms with Crippen LogP contribution in [0.4, 0.5) is 5.69 Å². The highest BCUT2D eigenvalue weighted by Gasteiger charge is 2.06. The second-order valence-corrected chi connectivity index (χ2v) is 7.07. The van der Waals surface area contributed by atoms with Crippen LogP contribution in [-0.2, 0) is 12.8 Å². The zero-order valence-electron chi connectivity index (χ0n) is 15.3. The van der Waals surface area contributed by atoms with E-state index in [2.05, 4.69) is 58.9 Å². The third-order valence-corrected chi connectivity index (χ3v) is 4.78. The summed E-state index contributed by atoms with van der Waals surface area (Å²) in [7, 11) is 0. The molecule has 0 amide bonds. The zero-order valence-corrected chi connectivity index (χ0v) is 16.1. The van der Waals surface area contributed by atoms with Crippen LogP contribution in [-0.4, -0.2) is 10.7 Å². The van der Waals surface area contributed by atoms with Crippen molar-refractivity contribution in [2.75, 3.05) is 5.43 Å². The fourth-order valence-corrected chi connectivity index (χ4v) is 3.33. The van der Waals surface area contributed by atoms with Crippen LogP contribution in [0.25, 0.3) is 10.9 Å². The van der Waals surface area contributed by atoms with Crippen LogP contribution in [0.3, 0.4) is 0 Å². The highest BCUT2D eigenvalue weighted by Crippen LogP contribution is 2.24. The van der Waals surface area contributed by atoms with Crippen LogP contribution >= 0.6 is 11.6 Å². The van der Waals surface area contributed by atoms with Crippen molar-refractivity contribution in [2.24, 2.45) is 5.10 Å². The quantitative estimate of drug-likeness (QED) is 0.319. The summed E-state index contributed by atoms with van der Waals surface area (Å²) in [6.45, 7) is 0. The number of hydrogen-bond donors (Lipinski definition) is 1. The molecule has 0 spiro atoms. The van der Waals surface area contributed by atoms with E-state index in [0.29, 0.717) is 5.02 Å². The van der Waals surface area contributed by atoms with Crippen molar-refractivity contribution in [1.29, 1.82) is 0 Å². The maximum absolute atomic E-state index is 6.09. The topological polar surface area (TPSA) is 37.3 Å². The van der Waals surface area contributed by atoms with Gasteiger partial charge in [0, 0.05) is 35.2 Å². The first-order valence-corrected chi connectivity index (χ1v) is 9.59. The Bertz CT molecular complexity index is 1050. The molecule has 0 saturated heterocycles. The Kier molecular flexibility index (Phi) is 5.64. The lowest BCUT2D eigenvalue weighted by atomic mass is 10.0. The molecule has 4 aromatic rings. The molecule has 0 radical (unpaired) electrons. The van der Waals surface area contributed by atoms with E-state index in [1.165, 1.54) is 11.1 Å². The number of benzene rings is 3. The Hall–Kier alpha value is -3.17. The van der Waals surface area contributed by atoms with Crippen molar-refractivity contribution in [3.05, 3.63) is 107 Å². The SMILES string of the molecule is Clc1ccc2c(NN=C(Cc3ccccc3)Cc3ccccc3)ccnc2c1. The summed E-state index contributed by atoms with van der Waals surface area (Å²) in [5.41, 5.74) is 8.57. The van der Waals surface area contributed by atoms with Gasteiger partial charge >= 0.3 is 0 Å². The van der Waals surface area contributed by atoms with Gasteiger partial charge in [0.15, 0.2) is 0 Å². The molecule has 0 bridgehead atoms. The van der Waals surface area contributed by atoms with Gasteiger partial charge in [-0.25, -0.2) is 0 Å². The summed E-state index contributed by atoms with van der Waals surface area (Å²) in [6, 6.07) is 28.4. The zero-order chi connectivity index (χ0) is 19.2. The van der Waals surface area contributed by atoms with E-state index >= 15 is 0 Å². The summed E-state index contributed by atoms with van der Waals surface area (Å²) >= 11 is 6.09. The minimum atomic E-state index is 0.675. The van der Waals surface area contributed by atoms with Crippen molar-refractivity contribution >= 4 is 33.9 Å². The maximum atomic E-state index is 6.09. The molecule has 3 aromatic carbocycles. The highest BCUT2D eigenvalue weighted by molar-refractivity contribution is 6.31. The van der Waals surface area contributed by atoms with E-state index in [4.69, 9.17) is 16.7 Å². The Balaban J connectivity index is 1.63. The number of rotatable bonds is 6. The van der Waals surface area contributed by atoms with Gasteiger partial charge in [-0.05, 0) is 35.4 Å². The number of aromatic nitrogens is 1. The van der Waals surface area contributed by atoms with Crippen LogP contribution < -0.4 is 5.43 Å². The summed E-state index contributed by atoms with van der Waals surface area (Å²) in [5, 5.41) is 6.43. The lowest BCUT2D eigenvalue weighted by Gasteiger charge is -2.10. The van der Waals surface area contributed by atoms with Crippen molar-refractivity contribution in [3.63, 3.8) is 0 Å². The standard InChI is InChI=1S/C24H20ClN3/c25-20-11-12-22-23(13-14-26-24(22)17-20)28-27-21(15-18-7-3-1-4-8-18)16-19-9-5-2-6-10-19/h1-14,17H,15-16H2,(H,26,28). The van der Waals surface area contributed by atoms with Gasteiger partial charge in [0.25, 0.3) is 0 Å². The Labute approximate surface area is 169 Å². The lowest BCUT2D eigenvalue weighted by molar-refractivity contribution is 1.17. The van der Waals surface area contributed by atoms with Crippen LogP contribution in [0.15, 0.2) is 96.2 Å². The first-order chi connectivity index (χ1) is 13.8. The van der Waals surface area contributed by atoms with Gasteiger partial charge in [-0.3, -0.25) is 10.4 Å². The summed E-state index contributed by atoms with van der Waals surface area (Å²) in [4.78, 5) is 4.39. The smallest absolute Gasteiger partial charge is 0.0738 e. The number of nitrogens with one attached hydrogen (secondary N) is 1. The Morgan fingerprint density at radius 2 is 1.46 bits per heavy atom. The molecular formula is C24H20ClN3. The van der Waals surface area contributed by atoms with Crippen molar-refractivity contribution in [2.45, 2.75) is 12.8 Å². The van der Waals surface area contributed by atoms with Crippen molar-refractivity contribution in [1.82, 2.24) is 4.98 Å². The van der Waals surface area contributed by atoms with Crippen LogP contribution in [0.1, 0.15) is 11.1 Å². The molecular weight excluding hydrogens is 366 g/mol. The predicted molar refractivity (Wildman–Crippen MR) is 118 cm³/mol. The molecule has 4 heteroatoms. The predicted octanol–water partition coefficient (Wildman–Crippen LogP) is 6.14. The fraction of sp³-hybridized carbons (Fsp3) is 0.0833. The van der Waals surface area contributed by atoms with E-state index in [9.17, 15) is 0 Å². The van der Waals surface area contributed by atoms with Gasteiger partial charge < -0.3 is 0 Å². The first kappa shape index (κ1) is 18.2. The molecule has 1 aromatic heterocycles. The van der Waals surface area contributed by atoms with Crippen LogP contribution in [0, 0.1) is 0 Å². The largest absolute Gasteiger partial charge is 0.278 e. The molecule has 0 aliphatic rings. The second-order valence-electron chi connectivity index (χ2n) is 6.63. The fourth-order valence-electron chi connectivity index (χ4n) is 3.16. The van der Waals surface area contributed by atoms with Gasteiger partial charge in [-0.2, -0.15) is 5.10 Å². The first-order valence-electron chi connectivity index (χ1n) is 9.21. The molecule has 138 valence electrons. The van der Waals surface area contributed by atoms with Crippen LogP contribution in [0.5, 0.6) is 0 Å². The molecule has 0 saturated carbocycles. The molecule has 1 heterocycles. The minimum absolute atomic E-state index is 0.675. The number of nitrogens with zero attached hydrogens (tertiary/aromatic N) is 2. The summed E-state index contributed by atoms with van der Waals surface area (Å²) in [5.74, 6) is 0. The molecule has 0 atom stereocenters. The number of hydrazone groups is 1. The summed E-state index contributed by atoms with van der Waals surface area (Å²) < 4.78 is 0. The maximum Gasteiger partial charge on any atom is 0.0738 e. The van der Waals surface area contributed by atoms with E-state index in [1.807, 2.05) is 36.4 Å². The number of hydrogen-bond acceptors (Lipinski definition) is 3. The van der Waals surface area contributed by atoms with E-state index < -0.39 is 0 Å². The van der Waals surface area contributed by atoms with E-state index in [-0.39, 0.29) is 0 Å². The normalized spacial score (nSPS) is 10.6. The monoisotopic (exact) mass is 385 g/mol. The summed E-state index contributed by atoms with van der Waals surface area (Å²) in [6.07, 6.45) is 3.35. The van der Waals surface area contributed by atoms with Gasteiger partial charge in [0.05, 0.1) is 11.2 Å². The molecule has 0 unspecified atom stereocenters. The van der Waals surface area contributed by atoms with Gasteiger partial charge in [0.2, 0.25) is 0 Å². The Morgan fingerprint density at radius 1 is 0.821 bits per heavy atom. The number of pyridine rings is 1. The number of halogens is 1. The van der Waals surface area contributed by atoms with Crippen LogP contribution in [0.2, 0.25) is 5.02 Å². The third-order valence-electron chi connectivity index (χ3n) is 4.54. The Morgan fingerprint density at radius 3 is 2.11 bits per heavy atom. The average Bonchev–Trinajstić information content (AvgIpc) is 2.73. The highest BCUT2D eigenvalue weighted by atomic mass is 35.5. The molecule has 28 heavy (non-hydrogen) atoms. The molecule has 0 aliphatic carbocycles. The van der Waals surface area contributed by atoms with E-state index in [1.54, 1.807) is 6.20 Å². The average molecular weight is 386 g/mol. The third kappa shape index (κ3) is 4.56. The molecule has 3 nitrogen and oxygen atoms in total. The van der Waals surface area contributed by atoms with Gasteiger partial charge in [0.1, 0.15) is 0 Å². The van der Waals surface area contributed by atoms with Gasteiger partial charge in [-0.15, -0.1) is 0 Å². The molecule has 1 N–H and O–H groups in total. The minimum Gasteiger partial charge on any atom is -0.278 e. The van der Waals surface area contributed by atoms with Crippen molar-refractivity contribution in [3.8, 4) is 0 Å². The van der Waals surface area contributed by atoms with Crippen molar-refractivity contribution < 1.29 is 0 Å². The van der Waals surface area contributed by atoms with Gasteiger partial charge in [-0.1, -0.05) is 72.3 Å². The molecule has 0 fully saturated rings. The second kappa shape index (κ2) is 8.68. The number of fused-ring (bicyclic) bond motifs is 1. The number of anilines is 1. The molecule has 4 rings (SSSR count). The molecule has 0 aliphatic heterocycles. The van der Waals surface area contributed by atoms with E-state index in [0.717, 1.165) is 35.1 Å².